The number of anilines is 1. The molecule has 272 valence electrons. The molecule has 1 aliphatic rings. The number of aromatic nitrogens is 2. The van der Waals surface area contributed by atoms with Gasteiger partial charge >= 0.3 is 6.09 Å². The molecular weight excluding hydrogens is 685 g/mol. The summed E-state index contributed by atoms with van der Waals surface area (Å²) in [7, 11) is -2.57. The number of halogens is 2. The fraction of sp³-hybridized carbons (Fsp3) is 0.500. The Labute approximate surface area is 299 Å². The second-order valence-corrected chi connectivity index (χ2v) is 16.7. The van der Waals surface area contributed by atoms with Crippen LogP contribution in [0, 0.1) is 17.7 Å². The molecule has 1 saturated heterocycles. The van der Waals surface area contributed by atoms with Gasteiger partial charge in [-0.15, -0.1) is 0 Å². The average molecular weight is 732 g/mol. The van der Waals surface area contributed by atoms with Crippen LogP contribution in [0.1, 0.15) is 78.1 Å². The summed E-state index contributed by atoms with van der Waals surface area (Å²) in [6, 6.07) is 11.4. The summed E-state index contributed by atoms with van der Waals surface area (Å²) >= 11 is 6.32. The van der Waals surface area contributed by atoms with Crippen LogP contribution < -0.4 is 14.4 Å². The van der Waals surface area contributed by atoms with Crippen molar-refractivity contribution in [2.75, 3.05) is 31.6 Å². The predicted molar refractivity (Wildman–Crippen MR) is 191 cm³/mol. The van der Waals surface area contributed by atoms with Gasteiger partial charge in [0.25, 0.3) is 15.9 Å². The van der Waals surface area contributed by atoms with Gasteiger partial charge in [-0.3, -0.25) is 4.79 Å². The van der Waals surface area contributed by atoms with E-state index in [-0.39, 0.29) is 39.0 Å². The Morgan fingerprint density at radius 2 is 1.86 bits per heavy atom. The van der Waals surface area contributed by atoms with E-state index < -0.39 is 27.3 Å². The molecule has 0 aliphatic carbocycles. The zero-order valence-electron chi connectivity index (χ0n) is 29.9. The Hall–Kier alpha value is -3.97. The van der Waals surface area contributed by atoms with Crippen LogP contribution in [0.5, 0.6) is 5.75 Å². The lowest BCUT2D eigenvalue weighted by atomic mass is 9.93. The number of amides is 2. The highest BCUT2D eigenvalue weighted by Crippen LogP contribution is 2.36. The number of carbonyl (C=O) groups is 2. The minimum absolute atomic E-state index is 0.180. The van der Waals surface area contributed by atoms with Crippen molar-refractivity contribution >= 4 is 39.4 Å². The van der Waals surface area contributed by atoms with Gasteiger partial charge in [-0.05, 0) is 102 Å². The Morgan fingerprint density at radius 1 is 1.14 bits per heavy atom. The summed E-state index contributed by atoms with van der Waals surface area (Å²) in [5, 5.41) is -0.597. The summed E-state index contributed by atoms with van der Waals surface area (Å²) < 4.78 is 54.0. The van der Waals surface area contributed by atoms with Crippen LogP contribution in [-0.2, 0) is 14.8 Å². The second-order valence-electron chi connectivity index (χ2n) is 14.7. The first kappa shape index (κ1) is 38.8. The first-order chi connectivity index (χ1) is 23.2. The van der Waals surface area contributed by atoms with E-state index in [0.29, 0.717) is 42.7 Å². The molecule has 1 aromatic carbocycles. The number of ether oxygens (including phenoxy) is 2. The molecule has 50 heavy (non-hydrogen) atoms. The highest BCUT2D eigenvalue weighted by molar-refractivity contribution is 7.90. The van der Waals surface area contributed by atoms with E-state index in [4.69, 9.17) is 21.1 Å². The molecule has 1 atom stereocenters. The summed E-state index contributed by atoms with van der Waals surface area (Å²) in [6.07, 6.45) is 2.19. The van der Waals surface area contributed by atoms with E-state index in [1.807, 2.05) is 65.1 Å². The fourth-order valence-electron chi connectivity index (χ4n) is 5.77. The molecule has 0 unspecified atom stereocenters. The molecule has 0 saturated carbocycles. The quantitative estimate of drug-likeness (QED) is 0.190. The molecule has 3 aromatic rings. The van der Waals surface area contributed by atoms with Crippen LogP contribution in [0.15, 0.2) is 53.6 Å². The number of benzene rings is 1. The van der Waals surface area contributed by atoms with Gasteiger partial charge in [0, 0.05) is 37.3 Å². The molecule has 1 aliphatic heterocycles. The molecule has 2 aromatic heterocycles. The Kier molecular flexibility index (Phi) is 12.0. The number of rotatable bonds is 12. The number of nitrogens with one attached hydrogen (secondary N) is 1. The molecule has 3 heterocycles. The number of hydrogen-bond acceptors (Lipinski definition) is 9. The lowest BCUT2D eigenvalue weighted by Gasteiger charge is -2.33. The highest BCUT2D eigenvalue weighted by atomic mass is 35.5. The number of nitrogens with zero attached hydrogens (tertiary/aromatic N) is 4. The van der Waals surface area contributed by atoms with Crippen LogP contribution in [0.25, 0.3) is 11.3 Å². The molecule has 11 nitrogen and oxygen atoms in total. The Morgan fingerprint density at radius 3 is 2.52 bits per heavy atom. The van der Waals surface area contributed by atoms with E-state index >= 15 is 0 Å². The van der Waals surface area contributed by atoms with Crippen LogP contribution in [-0.4, -0.2) is 73.2 Å². The van der Waals surface area contributed by atoms with Crippen LogP contribution >= 0.6 is 11.6 Å². The molecular formula is C36H47ClFN5O6S. The van der Waals surface area contributed by atoms with Crippen molar-refractivity contribution in [3.05, 3.63) is 65.1 Å². The van der Waals surface area contributed by atoms with Gasteiger partial charge in [-0.1, -0.05) is 31.5 Å². The van der Waals surface area contributed by atoms with Crippen molar-refractivity contribution in [1.29, 1.82) is 0 Å². The predicted octanol–water partition coefficient (Wildman–Crippen LogP) is 7.34. The summed E-state index contributed by atoms with van der Waals surface area (Å²) in [6.45, 7) is 15.2. The van der Waals surface area contributed by atoms with Crippen LogP contribution in [0.2, 0.25) is 5.15 Å². The van der Waals surface area contributed by atoms with Crippen molar-refractivity contribution in [3.8, 4) is 17.0 Å². The normalized spacial score (nSPS) is 16.0. The maximum Gasteiger partial charge on any atom is 0.410 e. The first-order valence-electron chi connectivity index (χ1n) is 16.6. The highest BCUT2D eigenvalue weighted by Gasteiger charge is 2.42. The standard InChI is InChI=1S/C36H47ClFN5O6S/c1-23(2)22-48-27-18-25(17-26(38)19-27)29-15-14-28(32(37)39-29)33(44)41-50(46,47)31-13-9-12-30(40-31)42(8)16-10-11-24-20-36(6,7)43(21-24)34(45)49-35(3,4)5/h9,12-15,17-19,23-24H,10-11,16,20-22H2,1-8H3,(H,41,44)/t24-/m0/s1. The van der Waals surface area contributed by atoms with Crippen molar-refractivity contribution < 1.29 is 31.9 Å². The monoisotopic (exact) mass is 731 g/mol. The van der Waals surface area contributed by atoms with Gasteiger partial charge in [-0.2, -0.15) is 8.42 Å². The molecule has 0 radical (unpaired) electrons. The molecule has 4 rings (SSSR count). The zero-order valence-corrected chi connectivity index (χ0v) is 31.5. The first-order valence-corrected chi connectivity index (χ1v) is 18.5. The van der Waals surface area contributed by atoms with Crippen LogP contribution in [0.3, 0.4) is 0 Å². The Bertz CT molecular complexity index is 1810. The molecule has 14 heteroatoms. The van der Waals surface area contributed by atoms with E-state index in [1.54, 1.807) is 23.1 Å². The topological polar surface area (TPSA) is 131 Å². The van der Waals surface area contributed by atoms with Gasteiger partial charge in [0.15, 0.2) is 5.03 Å². The van der Waals surface area contributed by atoms with Gasteiger partial charge in [0.2, 0.25) is 0 Å². The summed E-state index contributed by atoms with van der Waals surface area (Å²) in [5.74, 6) is -0.246. The zero-order chi connectivity index (χ0) is 37.0. The maximum absolute atomic E-state index is 14.3. The third-order valence-electron chi connectivity index (χ3n) is 8.13. The number of hydrogen-bond donors (Lipinski definition) is 1. The largest absolute Gasteiger partial charge is 0.493 e. The third-order valence-corrected chi connectivity index (χ3v) is 9.65. The van der Waals surface area contributed by atoms with Gasteiger partial charge in [-0.25, -0.2) is 23.9 Å². The van der Waals surface area contributed by atoms with Crippen molar-refractivity contribution in [3.63, 3.8) is 0 Å². The van der Waals surface area contributed by atoms with Crippen molar-refractivity contribution in [1.82, 2.24) is 19.6 Å². The van der Waals surface area contributed by atoms with Crippen molar-refractivity contribution in [2.24, 2.45) is 11.8 Å². The summed E-state index contributed by atoms with van der Waals surface area (Å²) in [5.41, 5.74) is -0.409. The second kappa shape index (κ2) is 15.5. The fourth-order valence-corrected chi connectivity index (χ4v) is 6.94. The minimum Gasteiger partial charge on any atom is -0.493 e. The maximum atomic E-state index is 14.3. The van der Waals surface area contributed by atoms with E-state index in [2.05, 4.69) is 9.97 Å². The molecule has 2 amide bonds. The minimum atomic E-state index is -4.38. The summed E-state index contributed by atoms with van der Waals surface area (Å²) in [4.78, 5) is 38.0. The average Bonchev–Trinajstić information content (AvgIpc) is 3.32. The third kappa shape index (κ3) is 10.3. The van der Waals surface area contributed by atoms with E-state index in [0.717, 1.165) is 19.3 Å². The van der Waals surface area contributed by atoms with Crippen LogP contribution in [0.4, 0.5) is 15.0 Å². The number of pyridine rings is 2. The number of carbonyl (C=O) groups excluding carboxylic acids is 2. The molecule has 1 N–H and O–H groups in total. The lowest BCUT2D eigenvalue weighted by Crippen LogP contribution is -2.45. The van der Waals surface area contributed by atoms with Gasteiger partial charge in [0.05, 0.1) is 17.9 Å². The number of likely N-dealkylation sites (tertiary alicyclic amines) is 1. The van der Waals surface area contributed by atoms with Gasteiger partial charge in [0.1, 0.15) is 28.1 Å². The molecule has 0 spiro atoms. The number of sulfonamides is 1. The SMILES string of the molecule is CC(C)COc1cc(F)cc(-c2ccc(C(=O)NS(=O)(=O)c3cccc(N(C)CCC[C@@H]4CN(C(=O)OC(C)(C)C)C(C)(C)C4)n3)c(Cl)n2)c1. The lowest BCUT2D eigenvalue weighted by molar-refractivity contribution is 0.0130. The van der Waals surface area contributed by atoms with Gasteiger partial charge < -0.3 is 19.3 Å². The Balaban J connectivity index is 1.37. The molecule has 0 bridgehead atoms. The van der Waals surface area contributed by atoms with E-state index in [1.165, 1.54) is 30.3 Å². The van der Waals surface area contributed by atoms with E-state index in [9.17, 15) is 22.4 Å². The van der Waals surface area contributed by atoms with Crippen molar-refractivity contribution in [2.45, 2.75) is 83.9 Å². The molecule has 1 fully saturated rings. The smallest absolute Gasteiger partial charge is 0.410 e.